The van der Waals surface area contributed by atoms with Gasteiger partial charge >= 0.3 is 0 Å². The van der Waals surface area contributed by atoms with E-state index < -0.39 is 0 Å². The molecule has 6 aromatic rings. The van der Waals surface area contributed by atoms with Crippen molar-refractivity contribution in [2.45, 2.75) is 78.1 Å². The van der Waals surface area contributed by atoms with Crippen molar-refractivity contribution in [1.82, 2.24) is 0 Å². The molecule has 0 saturated heterocycles. The first kappa shape index (κ1) is 30.2. The Balaban J connectivity index is 1.23. The molecule has 6 heteroatoms. The second kappa shape index (κ2) is 14.8. The van der Waals surface area contributed by atoms with Gasteiger partial charge in [-0.25, -0.2) is 0 Å². The van der Waals surface area contributed by atoms with Crippen LogP contribution in [0.3, 0.4) is 0 Å². The summed E-state index contributed by atoms with van der Waals surface area (Å²) < 4.78 is 0. The molecule has 6 heterocycles. The van der Waals surface area contributed by atoms with Crippen LogP contribution in [-0.4, -0.2) is 0 Å². The molecular formula is C36H38S6. The number of aryl methyl sites for hydroxylation is 2. The Kier molecular flexibility index (Phi) is 10.6. The topological polar surface area (TPSA) is 0 Å². The van der Waals surface area contributed by atoms with Gasteiger partial charge in [0.2, 0.25) is 0 Å². The van der Waals surface area contributed by atoms with Crippen molar-refractivity contribution < 1.29 is 0 Å². The lowest BCUT2D eigenvalue weighted by molar-refractivity contribution is 0.666. The van der Waals surface area contributed by atoms with Crippen molar-refractivity contribution in [2.24, 2.45) is 0 Å². The van der Waals surface area contributed by atoms with Gasteiger partial charge in [0.25, 0.3) is 0 Å². The predicted molar refractivity (Wildman–Crippen MR) is 197 cm³/mol. The van der Waals surface area contributed by atoms with E-state index in [-0.39, 0.29) is 0 Å². The third-order valence-corrected chi connectivity index (χ3v) is 14.9. The minimum Gasteiger partial charge on any atom is -0.143 e. The molecule has 0 saturated carbocycles. The van der Waals surface area contributed by atoms with Crippen LogP contribution in [0.1, 0.15) is 76.3 Å². The normalized spacial score (nSPS) is 11.6. The van der Waals surface area contributed by atoms with Crippen LogP contribution >= 0.6 is 68.0 Å². The molecule has 0 spiro atoms. The summed E-state index contributed by atoms with van der Waals surface area (Å²) in [4.78, 5) is 14.1. The van der Waals surface area contributed by atoms with Crippen LogP contribution in [0.15, 0.2) is 71.4 Å². The number of rotatable bonds is 15. The third-order valence-electron chi connectivity index (χ3n) is 7.67. The fourth-order valence-electron chi connectivity index (χ4n) is 5.37. The van der Waals surface area contributed by atoms with Gasteiger partial charge < -0.3 is 0 Å². The van der Waals surface area contributed by atoms with E-state index in [1.54, 1.807) is 11.1 Å². The zero-order valence-corrected chi connectivity index (χ0v) is 29.3. The highest BCUT2D eigenvalue weighted by molar-refractivity contribution is 7.30. The molecule has 42 heavy (non-hydrogen) atoms. The monoisotopic (exact) mass is 662 g/mol. The summed E-state index contributed by atoms with van der Waals surface area (Å²) in [5.41, 5.74) is 3.13. The third kappa shape index (κ3) is 7.11. The standard InChI is InChI=1S/C36H38S6/c1-3-5-7-9-12-25-21-23-38-35(25)36-26(13-10-8-6-4-2)24-34(42-36)33-20-19-32(41-33)31-18-17-30(40-31)29-16-15-28(39-29)27-14-11-22-37-27/h11,14-24H,3-10,12-13H2,1-2H3. The molecule has 0 atom stereocenters. The van der Waals surface area contributed by atoms with Gasteiger partial charge in [0.1, 0.15) is 0 Å². The van der Waals surface area contributed by atoms with E-state index in [0.29, 0.717) is 0 Å². The van der Waals surface area contributed by atoms with Crippen molar-refractivity contribution in [3.05, 3.63) is 82.6 Å². The summed E-state index contributed by atoms with van der Waals surface area (Å²) in [6.45, 7) is 4.60. The lowest BCUT2D eigenvalue weighted by atomic mass is 10.0. The van der Waals surface area contributed by atoms with Gasteiger partial charge in [-0.1, -0.05) is 58.4 Å². The Bertz CT molecular complexity index is 1660. The molecule has 218 valence electrons. The fourth-order valence-corrected chi connectivity index (χ4v) is 11.9. The van der Waals surface area contributed by atoms with E-state index in [2.05, 4.69) is 85.3 Å². The van der Waals surface area contributed by atoms with Gasteiger partial charge in [-0.15, -0.1) is 68.0 Å². The number of thiophene rings is 6. The molecule has 0 aliphatic carbocycles. The molecule has 6 aromatic heterocycles. The van der Waals surface area contributed by atoms with Gasteiger partial charge in [-0.3, -0.25) is 0 Å². The summed E-state index contributed by atoms with van der Waals surface area (Å²) in [5.74, 6) is 0. The van der Waals surface area contributed by atoms with Gasteiger partial charge in [0.05, 0.1) is 0 Å². The van der Waals surface area contributed by atoms with Crippen LogP contribution in [-0.2, 0) is 12.8 Å². The van der Waals surface area contributed by atoms with Crippen molar-refractivity contribution >= 4 is 68.0 Å². The molecule has 0 N–H and O–H groups in total. The quantitative estimate of drug-likeness (QED) is 0.0960. The van der Waals surface area contributed by atoms with E-state index >= 15 is 0 Å². The molecule has 0 bridgehead atoms. The van der Waals surface area contributed by atoms with Crippen LogP contribution in [0, 0.1) is 0 Å². The summed E-state index contributed by atoms with van der Waals surface area (Å²) in [6, 6.07) is 23.1. The average molecular weight is 663 g/mol. The highest BCUT2D eigenvalue weighted by Gasteiger charge is 2.18. The minimum absolute atomic E-state index is 1.19. The maximum Gasteiger partial charge on any atom is 0.0484 e. The summed E-state index contributed by atoms with van der Waals surface area (Å²) in [7, 11) is 0. The van der Waals surface area contributed by atoms with E-state index in [4.69, 9.17) is 0 Å². The smallest absolute Gasteiger partial charge is 0.0484 e. The second-order valence-corrected chi connectivity index (χ2v) is 17.0. The molecule has 0 radical (unpaired) electrons. The van der Waals surface area contributed by atoms with E-state index in [1.807, 2.05) is 68.0 Å². The lowest BCUT2D eigenvalue weighted by Gasteiger charge is -2.06. The number of unbranched alkanes of at least 4 members (excludes halogenated alkanes) is 6. The Hall–Kier alpha value is -1.80. The highest BCUT2D eigenvalue weighted by Crippen LogP contribution is 2.47. The van der Waals surface area contributed by atoms with E-state index in [1.165, 1.54) is 113 Å². The molecular weight excluding hydrogens is 625 g/mol. The fraction of sp³-hybridized carbons (Fsp3) is 0.333. The Labute approximate surface area is 275 Å². The highest BCUT2D eigenvalue weighted by atomic mass is 32.1. The average Bonchev–Trinajstić information content (AvgIpc) is 3.83. The first-order valence-electron chi connectivity index (χ1n) is 15.3. The number of hydrogen-bond donors (Lipinski definition) is 0. The SMILES string of the molecule is CCCCCCc1ccsc1-c1sc(-c2ccc(-c3ccc(-c4ccc(-c5cccs5)s4)s3)s2)cc1CCCCCC. The first-order chi connectivity index (χ1) is 20.7. The van der Waals surface area contributed by atoms with Crippen molar-refractivity contribution in [3.8, 4) is 48.8 Å². The van der Waals surface area contributed by atoms with Crippen LogP contribution in [0.4, 0.5) is 0 Å². The minimum atomic E-state index is 1.19. The van der Waals surface area contributed by atoms with Gasteiger partial charge in [0, 0.05) is 48.8 Å². The Morgan fingerprint density at radius 1 is 0.429 bits per heavy atom. The van der Waals surface area contributed by atoms with Crippen molar-refractivity contribution in [2.75, 3.05) is 0 Å². The predicted octanol–water partition coefficient (Wildman–Crippen LogP) is 14.6. The molecule has 0 aromatic carbocycles. The summed E-state index contributed by atoms with van der Waals surface area (Å²) >= 11 is 11.6. The van der Waals surface area contributed by atoms with Crippen LogP contribution in [0.5, 0.6) is 0 Å². The molecule has 0 aliphatic heterocycles. The summed E-state index contributed by atoms with van der Waals surface area (Å²) in [6.07, 6.45) is 13.0. The van der Waals surface area contributed by atoms with Crippen molar-refractivity contribution in [1.29, 1.82) is 0 Å². The molecule has 6 rings (SSSR count). The molecule has 0 amide bonds. The van der Waals surface area contributed by atoms with E-state index in [9.17, 15) is 0 Å². The first-order valence-corrected chi connectivity index (χ1v) is 20.3. The van der Waals surface area contributed by atoms with Gasteiger partial charge in [-0.2, -0.15) is 0 Å². The Morgan fingerprint density at radius 2 is 0.976 bits per heavy atom. The molecule has 0 fully saturated rings. The van der Waals surface area contributed by atoms with Crippen LogP contribution in [0.2, 0.25) is 0 Å². The van der Waals surface area contributed by atoms with Gasteiger partial charge in [0.15, 0.2) is 0 Å². The maximum absolute atomic E-state index is 2.53. The lowest BCUT2D eigenvalue weighted by Crippen LogP contribution is -1.89. The Morgan fingerprint density at radius 3 is 1.52 bits per heavy atom. The zero-order chi connectivity index (χ0) is 28.7. The second-order valence-electron chi connectivity index (χ2n) is 10.8. The molecule has 0 aliphatic rings. The molecule has 0 nitrogen and oxygen atoms in total. The molecule has 0 unspecified atom stereocenters. The van der Waals surface area contributed by atoms with Crippen molar-refractivity contribution in [3.63, 3.8) is 0 Å². The van der Waals surface area contributed by atoms with E-state index in [0.717, 1.165) is 0 Å². The number of hydrogen-bond acceptors (Lipinski definition) is 6. The zero-order valence-electron chi connectivity index (χ0n) is 24.4. The van der Waals surface area contributed by atoms with Crippen LogP contribution in [0.25, 0.3) is 48.8 Å². The largest absolute Gasteiger partial charge is 0.143 e. The summed E-state index contributed by atoms with van der Waals surface area (Å²) in [5, 5.41) is 4.48. The van der Waals surface area contributed by atoms with Crippen LogP contribution < -0.4 is 0 Å². The van der Waals surface area contributed by atoms with Gasteiger partial charge in [-0.05, 0) is 102 Å². The maximum atomic E-state index is 2.53.